The Bertz CT molecular complexity index is 644. The van der Waals surface area contributed by atoms with E-state index in [0.29, 0.717) is 12.0 Å². The zero-order valence-corrected chi connectivity index (χ0v) is 15.0. The molecule has 1 aliphatic heterocycles. The number of carbonyl (C=O) groups is 1. The first-order valence-electron chi connectivity index (χ1n) is 7.78. The fourth-order valence-corrected chi connectivity index (χ4v) is 2.34. The van der Waals surface area contributed by atoms with Crippen LogP contribution in [-0.4, -0.2) is 29.6 Å². The molecule has 2 unspecified atom stereocenters. The molecule has 1 fully saturated rings. The van der Waals surface area contributed by atoms with Crippen LogP contribution in [0.25, 0.3) is 0 Å². The van der Waals surface area contributed by atoms with E-state index in [1.807, 2.05) is 27.7 Å². The third-order valence-corrected chi connectivity index (χ3v) is 3.58. The molecule has 0 saturated carbocycles. The summed E-state index contributed by atoms with van der Waals surface area (Å²) < 4.78 is 13.5. The van der Waals surface area contributed by atoms with Gasteiger partial charge >= 0.3 is 0 Å². The predicted octanol–water partition coefficient (Wildman–Crippen LogP) is 2.17. The smallest absolute Gasteiger partial charge is 0.280 e. The average molecular weight is 356 g/mol. The van der Waals surface area contributed by atoms with Gasteiger partial charge in [-0.05, 0) is 52.3 Å². The number of hydrogen-bond acceptors (Lipinski definition) is 3. The van der Waals surface area contributed by atoms with E-state index in [2.05, 4.69) is 26.5 Å². The van der Waals surface area contributed by atoms with Crippen LogP contribution in [0.15, 0.2) is 23.2 Å². The Morgan fingerprint density at radius 1 is 1.38 bits per heavy atom. The Kier molecular flexibility index (Phi) is 5.79. The maximum Gasteiger partial charge on any atom is 0.280 e. The lowest BCUT2D eigenvalue weighted by molar-refractivity contribution is 0.100. The van der Waals surface area contributed by atoms with Crippen molar-refractivity contribution < 1.29 is 9.18 Å². The molecule has 2 atom stereocenters. The Labute approximate surface area is 146 Å². The molecule has 4 N–H and O–H groups in total. The first kappa shape index (κ1) is 18.6. The summed E-state index contributed by atoms with van der Waals surface area (Å²) in [5.74, 6) is -0.869. The maximum atomic E-state index is 13.5. The quantitative estimate of drug-likeness (QED) is 0.483. The fourth-order valence-electron chi connectivity index (χ4n) is 2.22. The minimum atomic E-state index is -0.647. The van der Waals surface area contributed by atoms with E-state index >= 15 is 0 Å². The second-order valence-corrected chi connectivity index (χ2v) is 7.30. The van der Waals surface area contributed by atoms with Crippen LogP contribution in [0.2, 0.25) is 5.02 Å². The number of carbonyl (C=O) groups excluding carboxylic acids is 1. The molecule has 0 aromatic heterocycles. The molecule has 0 spiro atoms. The SMILES string of the molecule is CC1CC(N/C(=N\C(=O)c2ccc(Cl)c(F)c2)NC(C)(C)C)NN1. The Balaban J connectivity index is 2.18. The molecule has 8 heteroatoms. The highest BCUT2D eigenvalue weighted by Gasteiger charge is 2.23. The summed E-state index contributed by atoms with van der Waals surface area (Å²) in [7, 11) is 0. The van der Waals surface area contributed by atoms with Gasteiger partial charge in [0.05, 0.1) is 11.2 Å². The van der Waals surface area contributed by atoms with Crippen molar-refractivity contribution in [2.45, 2.75) is 51.9 Å². The highest BCUT2D eigenvalue weighted by atomic mass is 35.5. The van der Waals surface area contributed by atoms with Crippen molar-refractivity contribution in [2.24, 2.45) is 4.99 Å². The van der Waals surface area contributed by atoms with Gasteiger partial charge in [0.1, 0.15) is 5.82 Å². The van der Waals surface area contributed by atoms with Crippen molar-refractivity contribution in [2.75, 3.05) is 0 Å². The van der Waals surface area contributed by atoms with E-state index in [9.17, 15) is 9.18 Å². The summed E-state index contributed by atoms with van der Waals surface area (Å²) in [6.45, 7) is 7.92. The number of hydrogen-bond donors (Lipinski definition) is 4. The van der Waals surface area contributed by atoms with Gasteiger partial charge in [0, 0.05) is 17.1 Å². The van der Waals surface area contributed by atoms with Gasteiger partial charge in [0.25, 0.3) is 5.91 Å². The lowest BCUT2D eigenvalue weighted by atomic mass is 10.1. The van der Waals surface area contributed by atoms with Crippen LogP contribution in [0, 0.1) is 5.82 Å². The lowest BCUT2D eigenvalue weighted by Gasteiger charge is -2.25. The van der Waals surface area contributed by atoms with Gasteiger partial charge in [0.2, 0.25) is 5.96 Å². The summed E-state index contributed by atoms with van der Waals surface area (Å²) in [6, 6.07) is 4.18. The second-order valence-electron chi connectivity index (χ2n) is 6.89. The van der Waals surface area contributed by atoms with Gasteiger partial charge in [-0.25, -0.2) is 9.82 Å². The van der Waals surface area contributed by atoms with E-state index in [1.54, 1.807) is 0 Å². The van der Waals surface area contributed by atoms with Crippen LogP contribution in [0.3, 0.4) is 0 Å². The summed E-state index contributed by atoms with van der Waals surface area (Å²) in [5.41, 5.74) is 6.01. The number of nitrogens with zero attached hydrogens (tertiary/aromatic N) is 1. The molecule has 24 heavy (non-hydrogen) atoms. The third kappa shape index (κ3) is 5.43. The number of guanidine groups is 1. The minimum Gasteiger partial charge on any atom is -0.351 e. The summed E-state index contributed by atoms with van der Waals surface area (Å²) in [4.78, 5) is 16.4. The number of amides is 1. The molecule has 1 saturated heterocycles. The number of hydrazine groups is 1. The first-order chi connectivity index (χ1) is 11.1. The normalized spacial score (nSPS) is 21.7. The Morgan fingerprint density at radius 2 is 2.08 bits per heavy atom. The summed E-state index contributed by atoms with van der Waals surface area (Å²) in [6.07, 6.45) is 0.762. The number of nitrogens with one attached hydrogen (secondary N) is 4. The fraction of sp³-hybridized carbons (Fsp3) is 0.500. The molecule has 1 heterocycles. The molecule has 2 rings (SSSR count). The van der Waals surface area contributed by atoms with Gasteiger partial charge in [-0.2, -0.15) is 4.99 Å². The molecule has 1 amide bonds. The molecule has 6 nitrogen and oxygen atoms in total. The zero-order chi connectivity index (χ0) is 17.9. The molecule has 132 valence electrons. The Hall–Kier alpha value is -1.70. The van der Waals surface area contributed by atoms with Gasteiger partial charge < -0.3 is 10.6 Å². The van der Waals surface area contributed by atoms with E-state index in [-0.39, 0.29) is 22.3 Å². The molecule has 1 aromatic carbocycles. The molecular formula is C16H23ClFN5O. The topological polar surface area (TPSA) is 77.5 Å². The second kappa shape index (κ2) is 7.46. The molecular weight excluding hydrogens is 333 g/mol. The van der Waals surface area contributed by atoms with Crippen molar-refractivity contribution in [1.82, 2.24) is 21.5 Å². The monoisotopic (exact) mass is 355 g/mol. The van der Waals surface area contributed by atoms with E-state index < -0.39 is 11.7 Å². The van der Waals surface area contributed by atoms with Crippen LogP contribution < -0.4 is 21.5 Å². The lowest BCUT2D eigenvalue weighted by Crippen LogP contribution is -2.54. The largest absolute Gasteiger partial charge is 0.351 e. The summed E-state index contributed by atoms with van der Waals surface area (Å²) in [5, 5.41) is 6.28. The Morgan fingerprint density at radius 3 is 2.62 bits per heavy atom. The van der Waals surface area contributed by atoms with E-state index in [4.69, 9.17) is 11.6 Å². The predicted molar refractivity (Wildman–Crippen MR) is 93.3 cm³/mol. The number of rotatable bonds is 2. The molecule has 0 radical (unpaired) electrons. The molecule has 1 aromatic rings. The van der Waals surface area contributed by atoms with E-state index in [1.165, 1.54) is 12.1 Å². The van der Waals surface area contributed by atoms with Gasteiger partial charge in [-0.1, -0.05) is 11.6 Å². The van der Waals surface area contributed by atoms with Crippen molar-refractivity contribution in [1.29, 1.82) is 0 Å². The summed E-state index contributed by atoms with van der Waals surface area (Å²) >= 11 is 5.64. The standard InChI is InChI=1S/C16H23ClFN5O/c1-9-7-13(23-22-9)19-15(21-16(2,3)4)20-14(24)10-5-6-11(17)12(18)8-10/h5-6,8-9,13,22-23H,7H2,1-4H3,(H2,19,20,21,24). The van der Waals surface area contributed by atoms with Crippen LogP contribution in [-0.2, 0) is 0 Å². The highest BCUT2D eigenvalue weighted by molar-refractivity contribution is 6.30. The van der Waals surface area contributed by atoms with Crippen LogP contribution in [0.4, 0.5) is 4.39 Å². The van der Waals surface area contributed by atoms with Crippen molar-refractivity contribution in [3.8, 4) is 0 Å². The first-order valence-corrected chi connectivity index (χ1v) is 8.16. The van der Waals surface area contributed by atoms with Crippen LogP contribution >= 0.6 is 11.6 Å². The van der Waals surface area contributed by atoms with Crippen LogP contribution in [0.5, 0.6) is 0 Å². The number of aliphatic imine (C=N–C) groups is 1. The van der Waals surface area contributed by atoms with Gasteiger partial charge in [-0.3, -0.25) is 10.2 Å². The molecule has 0 bridgehead atoms. The average Bonchev–Trinajstić information content (AvgIpc) is 2.85. The number of benzene rings is 1. The van der Waals surface area contributed by atoms with Crippen LogP contribution in [0.1, 0.15) is 44.5 Å². The van der Waals surface area contributed by atoms with Gasteiger partial charge in [0.15, 0.2) is 0 Å². The van der Waals surface area contributed by atoms with Crippen molar-refractivity contribution in [3.05, 3.63) is 34.6 Å². The minimum absolute atomic E-state index is 0.0306. The molecule has 0 aliphatic carbocycles. The molecule has 1 aliphatic rings. The van der Waals surface area contributed by atoms with Crippen molar-refractivity contribution in [3.63, 3.8) is 0 Å². The van der Waals surface area contributed by atoms with Gasteiger partial charge in [-0.15, -0.1) is 0 Å². The third-order valence-electron chi connectivity index (χ3n) is 3.28. The highest BCUT2D eigenvalue weighted by Crippen LogP contribution is 2.16. The van der Waals surface area contributed by atoms with Crippen molar-refractivity contribution >= 4 is 23.5 Å². The number of halogens is 2. The zero-order valence-electron chi connectivity index (χ0n) is 14.2. The maximum absolute atomic E-state index is 13.5. The van der Waals surface area contributed by atoms with E-state index in [0.717, 1.165) is 12.5 Å².